The maximum Gasteiger partial charge on any atom is 0.305 e. The minimum Gasteiger partial charge on any atom is -0.466 e. The lowest BCUT2D eigenvalue weighted by molar-refractivity contribution is -0.143. The molecule has 0 radical (unpaired) electrons. The second-order valence-corrected chi connectivity index (χ2v) is 6.22. The van der Waals surface area contributed by atoms with Crippen LogP contribution in [0.4, 0.5) is 0 Å². The third-order valence-corrected chi connectivity index (χ3v) is 4.00. The summed E-state index contributed by atoms with van der Waals surface area (Å²) in [5.41, 5.74) is 0. The van der Waals surface area contributed by atoms with E-state index in [4.69, 9.17) is 4.74 Å². The Morgan fingerprint density at radius 3 is 1.74 bits per heavy atom. The molecule has 0 saturated heterocycles. The third kappa shape index (κ3) is 18.9. The van der Waals surface area contributed by atoms with Crippen LogP contribution in [0.15, 0.2) is 24.3 Å². The van der Waals surface area contributed by atoms with Gasteiger partial charge >= 0.3 is 5.97 Å². The maximum absolute atomic E-state index is 11.6. The van der Waals surface area contributed by atoms with E-state index in [0.29, 0.717) is 13.0 Å². The van der Waals surface area contributed by atoms with Gasteiger partial charge in [-0.05, 0) is 52.4 Å². The first-order valence-electron chi connectivity index (χ1n) is 9.69. The van der Waals surface area contributed by atoms with Crippen LogP contribution >= 0.6 is 0 Å². The molecule has 2 heteroatoms. The summed E-state index contributed by atoms with van der Waals surface area (Å²) >= 11 is 0. The van der Waals surface area contributed by atoms with Crippen molar-refractivity contribution in [3.05, 3.63) is 24.3 Å². The first-order chi connectivity index (χ1) is 11.3. The Hall–Kier alpha value is -1.05. The van der Waals surface area contributed by atoms with E-state index >= 15 is 0 Å². The van der Waals surface area contributed by atoms with Crippen molar-refractivity contribution < 1.29 is 9.53 Å². The largest absolute Gasteiger partial charge is 0.466 e. The summed E-state index contributed by atoms with van der Waals surface area (Å²) < 4.78 is 5.28. The predicted octanol–water partition coefficient (Wildman–Crippen LogP) is 6.75. The van der Waals surface area contributed by atoms with Gasteiger partial charge in [-0.15, -0.1) is 0 Å². The summed E-state index contributed by atoms with van der Waals surface area (Å²) in [4.78, 5) is 11.6. The van der Waals surface area contributed by atoms with Crippen molar-refractivity contribution in [2.45, 2.75) is 97.3 Å². The van der Waals surface area contributed by atoms with Crippen LogP contribution < -0.4 is 0 Å². The zero-order chi connectivity index (χ0) is 17.0. The van der Waals surface area contributed by atoms with Crippen LogP contribution in [0.25, 0.3) is 0 Å². The highest BCUT2D eigenvalue weighted by atomic mass is 16.5. The van der Waals surface area contributed by atoms with Crippen LogP contribution in [0, 0.1) is 0 Å². The molecule has 0 amide bonds. The van der Waals surface area contributed by atoms with Crippen LogP contribution in [0.2, 0.25) is 0 Å². The molecule has 0 heterocycles. The van der Waals surface area contributed by atoms with Crippen molar-refractivity contribution in [2.75, 3.05) is 6.61 Å². The van der Waals surface area contributed by atoms with Crippen LogP contribution in [-0.4, -0.2) is 12.6 Å². The number of rotatable bonds is 16. The highest BCUT2D eigenvalue weighted by Crippen LogP contribution is 2.10. The summed E-state index contributed by atoms with van der Waals surface area (Å²) in [5, 5.41) is 0. The lowest BCUT2D eigenvalue weighted by Crippen LogP contribution is -2.05. The molecule has 0 aliphatic carbocycles. The van der Waals surface area contributed by atoms with Gasteiger partial charge in [-0.1, -0.05) is 62.8 Å². The van der Waals surface area contributed by atoms with Gasteiger partial charge in [-0.25, -0.2) is 0 Å². The van der Waals surface area contributed by atoms with E-state index in [1.807, 2.05) is 0 Å². The predicted molar refractivity (Wildman–Crippen MR) is 101 cm³/mol. The fourth-order valence-corrected chi connectivity index (χ4v) is 2.55. The zero-order valence-electron chi connectivity index (χ0n) is 15.5. The monoisotopic (exact) mass is 322 g/mol. The Labute approximate surface area is 144 Å². The van der Waals surface area contributed by atoms with Crippen molar-refractivity contribution in [1.29, 1.82) is 0 Å². The molecule has 0 aromatic rings. The molecular formula is C21H38O2. The molecule has 0 aliphatic heterocycles. The molecular weight excluding hydrogens is 284 g/mol. The van der Waals surface area contributed by atoms with Crippen LogP contribution in [0.1, 0.15) is 97.3 Å². The van der Waals surface area contributed by atoms with Gasteiger partial charge in [0.2, 0.25) is 0 Å². The minimum atomic E-state index is -0.00741. The van der Waals surface area contributed by atoms with E-state index in [-0.39, 0.29) is 5.97 Å². The molecule has 0 unspecified atom stereocenters. The smallest absolute Gasteiger partial charge is 0.305 e. The van der Waals surface area contributed by atoms with Gasteiger partial charge in [0.1, 0.15) is 0 Å². The fraction of sp³-hybridized carbons (Fsp3) is 0.762. The third-order valence-electron chi connectivity index (χ3n) is 4.00. The van der Waals surface area contributed by atoms with Gasteiger partial charge in [0.05, 0.1) is 6.61 Å². The number of esters is 1. The van der Waals surface area contributed by atoms with Crippen LogP contribution in [0.3, 0.4) is 0 Å². The highest BCUT2D eigenvalue weighted by Gasteiger charge is 2.02. The number of ether oxygens (including phenoxy) is 1. The van der Waals surface area contributed by atoms with E-state index < -0.39 is 0 Å². The molecule has 23 heavy (non-hydrogen) atoms. The highest BCUT2D eigenvalue weighted by molar-refractivity contribution is 5.69. The average Bonchev–Trinajstić information content (AvgIpc) is 2.56. The first kappa shape index (κ1) is 21.9. The van der Waals surface area contributed by atoms with Crippen molar-refractivity contribution in [3.63, 3.8) is 0 Å². The van der Waals surface area contributed by atoms with Gasteiger partial charge in [-0.3, -0.25) is 4.79 Å². The van der Waals surface area contributed by atoms with E-state index in [0.717, 1.165) is 25.7 Å². The van der Waals surface area contributed by atoms with E-state index in [1.54, 1.807) is 0 Å². The number of carbonyl (C=O) groups is 1. The summed E-state index contributed by atoms with van der Waals surface area (Å²) in [7, 11) is 0. The molecule has 0 bridgehead atoms. The van der Waals surface area contributed by atoms with Crippen LogP contribution in [0.5, 0.6) is 0 Å². The van der Waals surface area contributed by atoms with Crippen molar-refractivity contribution in [1.82, 2.24) is 0 Å². The van der Waals surface area contributed by atoms with Crippen molar-refractivity contribution in [3.8, 4) is 0 Å². The Morgan fingerprint density at radius 2 is 1.17 bits per heavy atom. The SMILES string of the molecule is CC=CCCCCCCOC(=O)CCCCCCCC/C=C/C. The maximum atomic E-state index is 11.6. The molecule has 134 valence electrons. The summed E-state index contributed by atoms with van der Waals surface area (Å²) in [6, 6.07) is 0. The van der Waals surface area contributed by atoms with Gasteiger partial charge < -0.3 is 4.74 Å². The van der Waals surface area contributed by atoms with Gasteiger partial charge in [0.15, 0.2) is 0 Å². The number of allylic oxidation sites excluding steroid dienone is 4. The first-order valence-corrected chi connectivity index (χ1v) is 9.69. The average molecular weight is 323 g/mol. The Morgan fingerprint density at radius 1 is 0.696 bits per heavy atom. The normalized spacial score (nSPS) is 11.6. The lowest BCUT2D eigenvalue weighted by atomic mass is 10.1. The molecule has 0 aromatic carbocycles. The fourth-order valence-electron chi connectivity index (χ4n) is 2.55. The van der Waals surface area contributed by atoms with E-state index in [2.05, 4.69) is 38.2 Å². The van der Waals surface area contributed by atoms with E-state index in [9.17, 15) is 4.79 Å². The molecule has 0 rings (SSSR count). The lowest BCUT2D eigenvalue weighted by Gasteiger charge is -2.05. The summed E-state index contributed by atoms with van der Waals surface area (Å²) in [5.74, 6) is -0.00741. The van der Waals surface area contributed by atoms with Gasteiger partial charge in [0.25, 0.3) is 0 Å². The Bertz CT molecular complexity index is 305. The standard InChI is InChI=1S/C21H38O2/c1-3-5-7-9-11-12-13-15-17-19-21(22)23-20-18-16-14-10-8-6-4-2/h3-6H,7-20H2,1-2H3/b5-3+,6-4?. The molecule has 0 aromatic heterocycles. The Kier molecular flexibility index (Phi) is 18.1. The zero-order valence-corrected chi connectivity index (χ0v) is 15.5. The summed E-state index contributed by atoms with van der Waals surface area (Å²) in [6.45, 7) is 4.74. The van der Waals surface area contributed by atoms with Crippen molar-refractivity contribution >= 4 is 5.97 Å². The number of carbonyl (C=O) groups excluding carboxylic acids is 1. The van der Waals surface area contributed by atoms with Gasteiger partial charge in [-0.2, -0.15) is 0 Å². The molecule has 0 fully saturated rings. The topological polar surface area (TPSA) is 26.3 Å². The second-order valence-electron chi connectivity index (χ2n) is 6.22. The summed E-state index contributed by atoms with van der Waals surface area (Å²) in [6.07, 6.45) is 23.6. The van der Waals surface area contributed by atoms with Crippen LogP contribution in [-0.2, 0) is 9.53 Å². The van der Waals surface area contributed by atoms with Gasteiger partial charge in [0, 0.05) is 6.42 Å². The second kappa shape index (κ2) is 19.0. The molecule has 0 atom stereocenters. The number of hydrogen-bond donors (Lipinski definition) is 0. The molecule has 0 N–H and O–H groups in total. The molecule has 2 nitrogen and oxygen atoms in total. The number of hydrogen-bond acceptors (Lipinski definition) is 2. The molecule has 0 spiro atoms. The minimum absolute atomic E-state index is 0.00741. The number of unbranched alkanes of at least 4 members (excludes halogenated alkanes) is 10. The Balaban J connectivity index is 3.19. The molecule has 0 aliphatic rings. The quantitative estimate of drug-likeness (QED) is 0.178. The molecule has 0 saturated carbocycles. The van der Waals surface area contributed by atoms with Crippen molar-refractivity contribution in [2.24, 2.45) is 0 Å². The van der Waals surface area contributed by atoms with E-state index in [1.165, 1.54) is 51.4 Å².